The standard InChI is InChI=1S/C63H42N2/c1-4-19-48(20-5-1)63(49-21-6-2-7-22-49)58-38-32-45-17-12-13-25-54(45)62(58)56-37-31-47(41-59(56)63)44-28-33-51(34-29-44)64(52-35-30-43-16-10-11-18-46(43)40-52)53-36-39-61-57(42-53)55-26-14-15-27-60(55)65(61)50-23-8-3-9-24-50/h1-42H. The minimum atomic E-state index is -0.498. The lowest BCUT2D eigenvalue weighted by Gasteiger charge is -2.34. The third-order valence-corrected chi connectivity index (χ3v) is 13.8. The molecule has 1 aromatic heterocycles. The van der Waals surface area contributed by atoms with Crippen LogP contribution in [0.15, 0.2) is 255 Å². The first-order chi connectivity index (χ1) is 32.2. The van der Waals surface area contributed by atoms with Crippen molar-refractivity contribution in [3.8, 4) is 27.9 Å². The third kappa shape index (κ3) is 5.74. The quantitative estimate of drug-likeness (QED) is 0.155. The van der Waals surface area contributed by atoms with E-state index < -0.39 is 5.41 Å². The number of aromatic nitrogens is 1. The summed E-state index contributed by atoms with van der Waals surface area (Å²) in [6.45, 7) is 0. The molecule has 0 saturated carbocycles. The van der Waals surface area contributed by atoms with Crippen LogP contribution in [-0.2, 0) is 5.41 Å². The largest absolute Gasteiger partial charge is 0.310 e. The van der Waals surface area contributed by atoms with Gasteiger partial charge in [-0.25, -0.2) is 0 Å². The van der Waals surface area contributed by atoms with Gasteiger partial charge >= 0.3 is 0 Å². The van der Waals surface area contributed by atoms with Gasteiger partial charge in [0, 0.05) is 33.5 Å². The number of benzene rings is 11. The van der Waals surface area contributed by atoms with Crippen molar-refractivity contribution in [2.45, 2.75) is 5.41 Å². The van der Waals surface area contributed by atoms with Crippen molar-refractivity contribution in [2.24, 2.45) is 0 Å². The summed E-state index contributed by atoms with van der Waals surface area (Å²) in [6, 6.07) is 93.9. The Morgan fingerprint density at radius 3 is 1.63 bits per heavy atom. The molecule has 304 valence electrons. The fraction of sp³-hybridized carbons (Fsp3) is 0.0159. The number of fused-ring (bicyclic) bond motifs is 9. The Balaban J connectivity index is 0.980. The third-order valence-electron chi connectivity index (χ3n) is 13.8. The Bertz CT molecular complexity index is 3720. The number of hydrogen-bond donors (Lipinski definition) is 0. The van der Waals surface area contributed by atoms with E-state index in [1.807, 2.05) is 0 Å². The summed E-state index contributed by atoms with van der Waals surface area (Å²) >= 11 is 0. The van der Waals surface area contributed by atoms with Crippen LogP contribution < -0.4 is 4.90 Å². The number of para-hydroxylation sites is 2. The normalized spacial score (nSPS) is 12.7. The predicted octanol–water partition coefficient (Wildman–Crippen LogP) is 16.6. The lowest BCUT2D eigenvalue weighted by molar-refractivity contribution is 0.769. The van der Waals surface area contributed by atoms with E-state index in [2.05, 4.69) is 264 Å². The van der Waals surface area contributed by atoms with Crippen LogP contribution in [0.4, 0.5) is 17.1 Å². The van der Waals surface area contributed by atoms with E-state index in [1.165, 1.54) is 87.9 Å². The molecule has 1 aliphatic rings. The Labute approximate surface area is 378 Å². The molecule has 11 aromatic carbocycles. The molecule has 0 N–H and O–H groups in total. The first-order valence-electron chi connectivity index (χ1n) is 22.5. The molecule has 0 atom stereocenters. The number of hydrogen-bond acceptors (Lipinski definition) is 1. The van der Waals surface area contributed by atoms with Crippen LogP contribution in [0.2, 0.25) is 0 Å². The summed E-state index contributed by atoms with van der Waals surface area (Å²) in [6.07, 6.45) is 0. The van der Waals surface area contributed by atoms with Crippen LogP contribution in [0.25, 0.3) is 71.3 Å². The summed E-state index contributed by atoms with van der Waals surface area (Å²) in [4.78, 5) is 2.41. The van der Waals surface area contributed by atoms with E-state index >= 15 is 0 Å². The molecule has 1 aliphatic carbocycles. The highest BCUT2D eigenvalue weighted by Gasteiger charge is 2.46. The van der Waals surface area contributed by atoms with Crippen molar-refractivity contribution in [1.82, 2.24) is 4.57 Å². The molecule has 1 heterocycles. The smallest absolute Gasteiger partial charge is 0.0714 e. The molecule has 0 saturated heterocycles. The zero-order valence-corrected chi connectivity index (χ0v) is 35.6. The monoisotopic (exact) mass is 826 g/mol. The van der Waals surface area contributed by atoms with Crippen LogP contribution in [0.3, 0.4) is 0 Å². The summed E-state index contributed by atoms with van der Waals surface area (Å²) in [5.41, 5.74) is 16.5. The van der Waals surface area contributed by atoms with E-state index in [1.54, 1.807) is 0 Å². The van der Waals surface area contributed by atoms with Gasteiger partial charge in [-0.05, 0) is 133 Å². The molecule has 0 spiro atoms. The SMILES string of the molecule is c1ccc(-n2c3ccccc3c3cc(N(c4ccc(-c5ccc6c(c5)C(c5ccccc5)(c5ccccc5)c5ccc7ccccc7c5-6)cc4)c4ccc5ccccc5c4)ccc32)cc1. The van der Waals surface area contributed by atoms with E-state index in [4.69, 9.17) is 0 Å². The minimum Gasteiger partial charge on any atom is -0.310 e. The molecule has 0 bridgehead atoms. The average Bonchev–Trinajstić information content (AvgIpc) is 3.88. The average molecular weight is 827 g/mol. The van der Waals surface area contributed by atoms with Gasteiger partial charge in [-0.3, -0.25) is 0 Å². The molecule has 2 nitrogen and oxygen atoms in total. The lowest BCUT2D eigenvalue weighted by atomic mass is 9.67. The summed E-state index contributed by atoms with van der Waals surface area (Å²) in [7, 11) is 0. The Kier molecular flexibility index (Phi) is 8.47. The molecule has 0 fully saturated rings. The van der Waals surface area contributed by atoms with Gasteiger partial charge in [-0.1, -0.05) is 188 Å². The van der Waals surface area contributed by atoms with Crippen LogP contribution in [-0.4, -0.2) is 4.57 Å². The molecular formula is C63H42N2. The van der Waals surface area contributed by atoms with Crippen molar-refractivity contribution in [3.05, 3.63) is 277 Å². The summed E-state index contributed by atoms with van der Waals surface area (Å²) < 4.78 is 2.38. The maximum atomic E-state index is 2.47. The van der Waals surface area contributed by atoms with Crippen LogP contribution in [0, 0.1) is 0 Å². The van der Waals surface area contributed by atoms with Gasteiger partial charge in [0.2, 0.25) is 0 Å². The topological polar surface area (TPSA) is 8.17 Å². The highest BCUT2D eigenvalue weighted by molar-refractivity contribution is 6.11. The zero-order valence-electron chi connectivity index (χ0n) is 35.6. The van der Waals surface area contributed by atoms with Crippen LogP contribution in [0.1, 0.15) is 22.3 Å². The second-order valence-corrected chi connectivity index (χ2v) is 17.3. The van der Waals surface area contributed by atoms with Crippen molar-refractivity contribution in [3.63, 3.8) is 0 Å². The fourth-order valence-corrected chi connectivity index (χ4v) is 11.0. The molecule has 65 heavy (non-hydrogen) atoms. The molecule has 0 radical (unpaired) electrons. The molecule has 12 aromatic rings. The number of anilines is 3. The Morgan fingerprint density at radius 2 is 0.877 bits per heavy atom. The van der Waals surface area contributed by atoms with Crippen molar-refractivity contribution in [1.29, 1.82) is 0 Å². The van der Waals surface area contributed by atoms with E-state index in [-0.39, 0.29) is 0 Å². The summed E-state index contributed by atoms with van der Waals surface area (Å²) in [5.74, 6) is 0. The molecule has 2 heteroatoms. The molecule has 13 rings (SSSR count). The predicted molar refractivity (Wildman–Crippen MR) is 273 cm³/mol. The van der Waals surface area contributed by atoms with Crippen molar-refractivity contribution >= 4 is 60.4 Å². The van der Waals surface area contributed by atoms with Gasteiger partial charge in [-0.2, -0.15) is 0 Å². The van der Waals surface area contributed by atoms with Crippen molar-refractivity contribution < 1.29 is 0 Å². The maximum Gasteiger partial charge on any atom is 0.0714 e. The van der Waals surface area contributed by atoms with E-state index in [9.17, 15) is 0 Å². The van der Waals surface area contributed by atoms with Gasteiger partial charge < -0.3 is 9.47 Å². The molecule has 0 unspecified atom stereocenters. The zero-order chi connectivity index (χ0) is 42.9. The van der Waals surface area contributed by atoms with Crippen LogP contribution >= 0.6 is 0 Å². The van der Waals surface area contributed by atoms with Gasteiger partial charge in [0.15, 0.2) is 0 Å². The number of rotatable bonds is 7. The highest BCUT2D eigenvalue weighted by Crippen LogP contribution is 2.58. The lowest BCUT2D eigenvalue weighted by Crippen LogP contribution is -2.28. The van der Waals surface area contributed by atoms with Gasteiger partial charge in [0.25, 0.3) is 0 Å². The first-order valence-corrected chi connectivity index (χ1v) is 22.5. The van der Waals surface area contributed by atoms with E-state index in [0.717, 1.165) is 22.7 Å². The first kappa shape index (κ1) is 37.1. The minimum absolute atomic E-state index is 0.498. The van der Waals surface area contributed by atoms with Gasteiger partial charge in [0.1, 0.15) is 0 Å². The van der Waals surface area contributed by atoms with Gasteiger partial charge in [0.05, 0.1) is 16.4 Å². The number of nitrogens with zero attached hydrogens (tertiary/aromatic N) is 2. The highest BCUT2D eigenvalue weighted by atomic mass is 15.1. The molecule has 0 amide bonds. The van der Waals surface area contributed by atoms with E-state index in [0.29, 0.717) is 0 Å². The second-order valence-electron chi connectivity index (χ2n) is 17.3. The van der Waals surface area contributed by atoms with Crippen molar-refractivity contribution in [2.75, 3.05) is 4.90 Å². The fourth-order valence-electron chi connectivity index (χ4n) is 11.0. The van der Waals surface area contributed by atoms with Crippen LogP contribution in [0.5, 0.6) is 0 Å². The molecular weight excluding hydrogens is 785 g/mol. The summed E-state index contributed by atoms with van der Waals surface area (Å²) in [5, 5.41) is 7.43. The maximum absolute atomic E-state index is 2.47. The Morgan fingerprint density at radius 1 is 0.323 bits per heavy atom. The van der Waals surface area contributed by atoms with Gasteiger partial charge in [-0.15, -0.1) is 0 Å². The second kappa shape index (κ2) is 14.8. The molecule has 0 aliphatic heterocycles. The Hall–Kier alpha value is -8.46.